The average Bonchev–Trinajstić information content (AvgIpc) is 2.94. The van der Waals surface area contributed by atoms with Gasteiger partial charge in [-0.2, -0.15) is 0 Å². The van der Waals surface area contributed by atoms with Crippen molar-refractivity contribution in [2.75, 3.05) is 0 Å². The third-order valence-electron chi connectivity index (χ3n) is 6.84. The van der Waals surface area contributed by atoms with Crippen LogP contribution in [-0.2, 0) is 11.3 Å². The number of amides is 1. The standard InChI is InChI=1S/C20H26N2O2/c23-20(24-11-12-4-2-1-3-5-12)22-16-9-15(10-16)21-19-17-13-6-7-14(8-13)18(17)19/h1-5,13-19,21H,6-11H2,(H,22,23). The van der Waals surface area contributed by atoms with E-state index < -0.39 is 0 Å². The summed E-state index contributed by atoms with van der Waals surface area (Å²) in [5.74, 6) is 4.04. The first-order chi connectivity index (χ1) is 11.8. The molecule has 4 atom stereocenters. The Hall–Kier alpha value is -1.55. The van der Waals surface area contributed by atoms with Crippen molar-refractivity contribution in [3.63, 3.8) is 0 Å². The van der Waals surface area contributed by atoms with E-state index in [4.69, 9.17) is 4.74 Å². The summed E-state index contributed by atoms with van der Waals surface area (Å²) in [6.45, 7) is 0.343. The van der Waals surface area contributed by atoms with Gasteiger partial charge in [0.1, 0.15) is 6.61 Å². The van der Waals surface area contributed by atoms with Crippen molar-refractivity contribution in [2.24, 2.45) is 23.7 Å². The Morgan fingerprint density at radius 3 is 2.42 bits per heavy atom. The molecule has 0 aliphatic heterocycles. The first-order valence-corrected chi connectivity index (χ1v) is 9.51. The van der Waals surface area contributed by atoms with Crippen LogP contribution in [0.1, 0.15) is 37.7 Å². The van der Waals surface area contributed by atoms with Crippen molar-refractivity contribution in [3.8, 4) is 0 Å². The average molecular weight is 326 g/mol. The lowest BCUT2D eigenvalue weighted by atomic mass is 9.86. The first kappa shape index (κ1) is 14.8. The summed E-state index contributed by atoms with van der Waals surface area (Å²) in [4.78, 5) is 11.9. The Morgan fingerprint density at radius 1 is 1.00 bits per heavy atom. The van der Waals surface area contributed by atoms with Gasteiger partial charge in [0.15, 0.2) is 0 Å². The van der Waals surface area contributed by atoms with Crippen LogP contribution < -0.4 is 10.6 Å². The molecule has 128 valence electrons. The lowest BCUT2D eigenvalue weighted by Gasteiger charge is -2.36. The minimum Gasteiger partial charge on any atom is -0.445 e. The summed E-state index contributed by atoms with van der Waals surface area (Å²) >= 11 is 0. The Balaban J connectivity index is 1.01. The topological polar surface area (TPSA) is 50.4 Å². The van der Waals surface area contributed by atoms with E-state index in [1.54, 1.807) is 0 Å². The molecule has 0 heterocycles. The number of alkyl carbamates (subject to hydrolysis) is 1. The second-order valence-corrected chi connectivity index (χ2v) is 8.25. The van der Waals surface area contributed by atoms with Gasteiger partial charge in [0.05, 0.1) is 0 Å². The van der Waals surface area contributed by atoms with Gasteiger partial charge in [-0.15, -0.1) is 0 Å². The molecule has 24 heavy (non-hydrogen) atoms. The second-order valence-electron chi connectivity index (χ2n) is 8.25. The normalized spacial score (nSPS) is 41.4. The molecule has 4 fully saturated rings. The Labute approximate surface area is 143 Å². The molecule has 0 saturated heterocycles. The molecule has 2 bridgehead atoms. The summed E-state index contributed by atoms with van der Waals surface area (Å²) in [7, 11) is 0. The van der Waals surface area contributed by atoms with Crippen molar-refractivity contribution in [1.82, 2.24) is 10.6 Å². The number of hydrogen-bond acceptors (Lipinski definition) is 3. The quantitative estimate of drug-likeness (QED) is 0.874. The monoisotopic (exact) mass is 326 g/mol. The van der Waals surface area contributed by atoms with Crippen LogP contribution in [0.4, 0.5) is 4.79 Å². The zero-order valence-corrected chi connectivity index (χ0v) is 14.0. The number of carbonyl (C=O) groups is 1. The van der Waals surface area contributed by atoms with E-state index in [1.165, 1.54) is 19.3 Å². The predicted octanol–water partition coefficient (Wildman–Crippen LogP) is 3.08. The molecule has 2 N–H and O–H groups in total. The van der Waals surface area contributed by atoms with Gasteiger partial charge < -0.3 is 15.4 Å². The molecule has 1 aromatic rings. The van der Waals surface area contributed by atoms with Crippen LogP contribution in [-0.4, -0.2) is 24.2 Å². The Bertz CT molecular complexity index is 597. The minimum absolute atomic E-state index is 0.279. The van der Waals surface area contributed by atoms with Gasteiger partial charge in [-0.25, -0.2) is 4.79 Å². The molecule has 4 nitrogen and oxygen atoms in total. The van der Waals surface area contributed by atoms with Crippen molar-refractivity contribution < 1.29 is 9.53 Å². The molecule has 0 aromatic heterocycles. The lowest BCUT2D eigenvalue weighted by Crippen LogP contribution is -2.53. The van der Waals surface area contributed by atoms with Crippen molar-refractivity contribution >= 4 is 6.09 Å². The molecule has 4 unspecified atom stereocenters. The molecule has 0 spiro atoms. The van der Waals surface area contributed by atoms with Gasteiger partial charge in [-0.05, 0) is 61.3 Å². The number of hydrogen-bond donors (Lipinski definition) is 2. The minimum atomic E-state index is -0.288. The highest BCUT2D eigenvalue weighted by Gasteiger charge is 2.65. The van der Waals surface area contributed by atoms with Gasteiger partial charge in [0.25, 0.3) is 0 Å². The van der Waals surface area contributed by atoms with Crippen LogP contribution in [0, 0.1) is 23.7 Å². The maximum atomic E-state index is 11.9. The van der Waals surface area contributed by atoms with Crippen LogP contribution in [0.5, 0.6) is 0 Å². The number of rotatable bonds is 5. The van der Waals surface area contributed by atoms with Crippen LogP contribution >= 0.6 is 0 Å². The second kappa shape index (κ2) is 5.76. The van der Waals surface area contributed by atoms with Crippen molar-refractivity contribution in [3.05, 3.63) is 35.9 Å². The predicted molar refractivity (Wildman–Crippen MR) is 91.3 cm³/mol. The van der Waals surface area contributed by atoms with Gasteiger partial charge in [0, 0.05) is 18.1 Å². The number of carbonyl (C=O) groups excluding carboxylic acids is 1. The molecule has 1 amide bonds. The molecular weight excluding hydrogens is 300 g/mol. The Kier molecular flexibility index (Phi) is 3.55. The molecule has 4 aliphatic carbocycles. The molecule has 0 radical (unpaired) electrons. The van der Waals surface area contributed by atoms with Crippen LogP contribution in [0.25, 0.3) is 0 Å². The van der Waals surface area contributed by atoms with E-state index in [0.717, 1.165) is 48.1 Å². The lowest BCUT2D eigenvalue weighted by molar-refractivity contribution is 0.125. The fourth-order valence-corrected chi connectivity index (χ4v) is 5.62. The number of ether oxygens (including phenoxy) is 1. The zero-order chi connectivity index (χ0) is 16.1. The summed E-state index contributed by atoms with van der Waals surface area (Å²) in [5, 5.41) is 6.85. The first-order valence-electron chi connectivity index (χ1n) is 9.51. The number of fused-ring (bicyclic) bond motifs is 5. The molecule has 4 saturated carbocycles. The molecule has 1 aromatic carbocycles. The summed E-state index contributed by atoms with van der Waals surface area (Å²) in [5.41, 5.74) is 1.02. The van der Waals surface area contributed by atoms with E-state index in [2.05, 4.69) is 10.6 Å². The van der Waals surface area contributed by atoms with Gasteiger partial charge in [-0.3, -0.25) is 0 Å². The molecular formula is C20H26N2O2. The van der Waals surface area contributed by atoms with E-state index in [1.807, 2.05) is 30.3 Å². The van der Waals surface area contributed by atoms with Gasteiger partial charge >= 0.3 is 6.09 Å². The van der Waals surface area contributed by atoms with Crippen molar-refractivity contribution in [2.45, 2.75) is 56.8 Å². The van der Waals surface area contributed by atoms with Crippen LogP contribution in [0.3, 0.4) is 0 Å². The highest BCUT2D eigenvalue weighted by Crippen LogP contribution is 2.65. The third kappa shape index (κ3) is 2.61. The largest absolute Gasteiger partial charge is 0.445 e. The number of nitrogens with one attached hydrogen (secondary N) is 2. The van der Waals surface area contributed by atoms with E-state index in [9.17, 15) is 4.79 Å². The van der Waals surface area contributed by atoms with E-state index in [-0.39, 0.29) is 12.1 Å². The van der Waals surface area contributed by atoms with E-state index >= 15 is 0 Å². The molecule has 4 aliphatic rings. The summed E-state index contributed by atoms with van der Waals surface area (Å²) in [6, 6.07) is 11.5. The zero-order valence-electron chi connectivity index (χ0n) is 14.0. The summed E-state index contributed by atoms with van der Waals surface area (Å²) in [6.07, 6.45) is 6.27. The smallest absolute Gasteiger partial charge is 0.407 e. The fourth-order valence-electron chi connectivity index (χ4n) is 5.62. The maximum Gasteiger partial charge on any atom is 0.407 e. The molecule has 5 rings (SSSR count). The number of benzene rings is 1. The third-order valence-corrected chi connectivity index (χ3v) is 6.84. The van der Waals surface area contributed by atoms with Crippen molar-refractivity contribution in [1.29, 1.82) is 0 Å². The molecule has 4 heteroatoms. The highest BCUT2D eigenvalue weighted by molar-refractivity contribution is 5.67. The summed E-state index contributed by atoms with van der Waals surface area (Å²) < 4.78 is 5.29. The fraction of sp³-hybridized carbons (Fsp3) is 0.650. The SMILES string of the molecule is O=C(NC1CC(NC2C3C4CCC(C4)C23)C1)OCc1ccccc1. The maximum absolute atomic E-state index is 11.9. The van der Waals surface area contributed by atoms with Gasteiger partial charge in [-0.1, -0.05) is 30.3 Å². The van der Waals surface area contributed by atoms with Crippen LogP contribution in [0.2, 0.25) is 0 Å². The van der Waals surface area contributed by atoms with Gasteiger partial charge in [0.2, 0.25) is 0 Å². The Morgan fingerprint density at radius 2 is 1.71 bits per heavy atom. The highest BCUT2D eigenvalue weighted by atomic mass is 16.5. The van der Waals surface area contributed by atoms with Crippen LogP contribution in [0.15, 0.2) is 30.3 Å². The van der Waals surface area contributed by atoms with E-state index in [0.29, 0.717) is 12.6 Å².